The van der Waals surface area contributed by atoms with Crippen LogP contribution in [-0.4, -0.2) is 33.3 Å². The van der Waals surface area contributed by atoms with E-state index < -0.39 is 35.5 Å². The summed E-state index contributed by atoms with van der Waals surface area (Å²) >= 11 is 6.64. The molecule has 0 aromatic heterocycles. The monoisotopic (exact) mass is 559 g/mol. The zero-order chi connectivity index (χ0) is 23.7. The van der Waals surface area contributed by atoms with Crippen molar-refractivity contribution in [2.45, 2.75) is 18.7 Å². The molecule has 0 bridgehead atoms. The van der Waals surface area contributed by atoms with Crippen molar-refractivity contribution >= 4 is 62.9 Å². The molecule has 11 heteroatoms. The Labute approximate surface area is 196 Å². The molecule has 0 spiro atoms. The fourth-order valence-corrected chi connectivity index (χ4v) is 2.27. The molecule has 0 fully saturated rings. The molecule has 0 heterocycles. The maximum Gasteiger partial charge on any atom is 0.407 e. The summed E-state index contributed by atoms with van der Waals surface area (Å²) in [4.78, 5) is 20.8. The van der Waals surface area contributed by atoms with Gasteiger partial charge in [-0.3, -0.25) is 4.79 Å². The quantitative estimate of drug-likeness (QED) is 0.154. The van der Waals surface area contributed by atoms with Crippen LogP contribution in [0.2, 0.25) is 0 Å². The number of benzene rings is 2. The van der Waals surface area contributed by atoms with E-state index in [1.54, 1.807) is 12.1 Å². The zero-order valence-corrected chi connectivity index (χ0v) is 19.3. The molecule has 6 nitrogen and oxygen atoms in total. The van der Waals surface area contributed by atoms with Crippen LogP contribution < -0.4 is 10.1 Å². The van der Waals surface area contributed by atoms with Crippen LogP contribution in [0, 0.1) is 6.57 Å². The van der Waals surface area contributed by atoms with Gasteiger partial charge in [0.2, 0.25) is 0 Å². The Bertz CT molecular complexity index is 999. The number of nitrogens with zero attached hydrogens (tertiary/aromatic N) is 2. The second kappa shape index (κ2) is 11.8. The molecule has 2 rings (SSSR count). The van der Waals surface area contributed by atoms with Gasteiger partial charge in [-0.25, -0.2) is 4.85 Å². The minimum Gasteiger partial charge on any atom is -0.490 e. The number of halogens is 4. The number of thiocarbonyl (C=S) groups is 1. The van der Waals surface area contributed by atoms with E-state index in [1.165, 1.54) is 12.1 Å². The summed E-state index contributed by atoms with van der Waals surface area (Å²) < 4.78 is 44.4. The normalized spacial score (nSPS) is 12.2. The minimum absolute atomic E-state index is 0.211. The SMILES string of the molecule is C[123I].[C-]#[N+]c1ccc(NC(=O)[C@@](C)(O)COc2ccc(N=C=S)cc2)cc1C(F)(F)F. The minimum atomic E-state index is -4.76. The van der Waals surface area contributed by atoms with Gasteiger partial charge in [-0.1, -0.05) is 28.7 Å². The largest absolute Gasteiger partial charge is 0.490 e. The second-order valence-corrected chi connectivity index (χ2v) is 6.24. The Morgan fingerprint density at radius 1 is 1.29 bits per heavy atom. The Kier molecular flexibility index (Phi) is 10.1. The van der Waals surface area contributed by atoms with Crippen molar-refractivity contribution in [3.63, 3.8) is 0 Å². The lowest BCUT2D eigenvalue weighted by Gasteiger charge is -2.23. The van der Waals surface area contributed by atoms with Crippen LogP contribution in [0.4, 0.5) is 30.2 Å². The third kappa shape index (κ3) is 7.91. The number of rotatable bonds is 6. The van der Waals surface area contributed by atoms with Gasteiger partial charge in [0.15, 0.2) is 11.3 Å². The maximum absolute atomic E-state index is 13.0. The predicted molar refractivity (Wildman–Crippen MR) is 124 cm³/mol. The summed E-state index contributed by atoms with van der Waals surface area (Å²) in [5, 5.41) is 14.7. The number of amides is 1. The average molecular weight is 559 g/mol. The highest BCUT2D eigenvalue weighted by molar-refractivity contribution is 14.1. The number of hydrogen-bond acceptors (Lipinski definition) is 5. The molecule has 0 aliphatic heterocycles. The van der Waals surface area contributed by atoms with E-state index in [0.29, 0.717) is 17.5 Å². The summed E-state index contributed by atoms with van der Waals surface area (Å²) in [5.74, 6) is -0.634. The predicted octanol–water partition coefficient (Wildman–Crippen LogP) is 5.81. The van der Waals surface area contributed by atoms with E-state index in [4.69, 9.17) is 11.3 Å². The number of hydrogen-bond donors (Lipinski definition) is 2. The van der Waals surface area contributed by atoms with Gasteiger partial charge in [0, 0.05) is 5.69 Å². The number of nitrogens with one attached hydrogen (secondary N) is 1. The number of carbonyl (C=O) groups excluding carboxylic acids is 1. The summed E-state index contributed by atoms with van der Waals surface area (Å²) in [7, 11) is 0. The molecule has 0 aliphatic carbocycles. The number of alkyl halides is 4. The van der Waals surface area contributed by atoms with Crippen molar-refractivity contribution in [1.82, 2.24) is 0 Å². The lowest BCUT2D eigenvalue weighted by atomic mass is 10.1. The second-order valence-electron chi connectivity index (χ2n) is 6.06. The Hall–Kier alpha value is -2.52. The third-order valence-electron chi connectivity index (χ3n) is 3.70. The van der Waals surface area contributed by atoms with Crippen molar-refractivity contribution in [2.75, 3.05) is 16.9 Å². The van der Waals surface area contributed by atoms with Crippen LogP contribution in [0.15, 0.2) is 47.5 Å². The number of carbonyl (C=O) groups is 1. The van der Waals surface area contributed by atoms with Gasteiger partial charge in [0.1, 0.15) is 12.4 Å². The van der Waals surface area contributed by atoms with Crippen molar-refractivity contribution in [3.8, 4) is 5.75 Å². The van der Waals surface area contributed by atoms with Crippen LogP contribution in [0.5, 0.6) is 5.75 Å². The Morgan fingerprint density at radius 3 is 2.42 bits per heavy atom. The summed E-state index contributed by atoms with van der Waals surface area (Å²) in [5.41, 5.74) is -3.48. The van der Waals surface area contributed by atoms with E-state index in [-0.39, 0.29) is 5.69 Å². The highest BCUT2D eigenvalue weighted by atomic mass is 123. The van der Waals surface area contributed by atoms with Crippen LogP contribution in [0.3, 0.4) is 0 Å². The van der Waals surface area contributed by atoms with Gasteiger partial charge in [-0.2, -0.15) is 18.2 Å². The topological polar surface area (TPSA) is 75.3 Å². The molecule has 31 heavy (non-hydrogen) atoms. The van der Waals surface area contributed by atoms with Crippen LogP contribution >= 0.6 is 34.8 Å². The molecule has 0 saturated carbocycles. The smallest absolute Gasteiger partial charge is 0.407 e. The van der Waals surface area contributed by atoms with Gasteiger partial charge >= 0.3 is 6.18 Å². The first-order valence-corrected chi connectivity index (χ1v) is 10.9. The first kappa shape index (κ1) is 26.5. The Morgan fingerprint density at radius 2 is 1.90 bits per heavy atom. The number of aliphatic imine (C=N–C) groups is 1. The molecule has 2 aromatic rings. The van der Waals surface area contributed by atoms with E-state index >= 15 is 0 Å². The van der Waals surface area contributed by atoms with Crippen molar-refractivity contribution < 1.29 is 27.8 Å². The molecule has 0 saturated heterocycles. The van der Waals surface area contributed by atoms with Crippen molar-refractivity contribution in [2.24, 2.45) is 4.99 Å². The molecule has 2 N–H and O–H groups in total. The van der Waals surface area contributed by atoms with E-state index in [2.05, 4.69) is 55.1 Å². The Balaban J connectivity index is 0.00000233. The number of isothiocyanates is 1. The molecular formula is C20H17F3IN3O3S. The van der Waals surface area contributed by atoms with Gasteiger partial charge in [0.05, 0.1) is 23.0 Å². The van der Waals surface area contributed by atoms with Crippen molar-refractivity contribution in [3.05, 3.63) is 59.4 Å². The lowest BCUT2D eigenvalue weighted by molar-refractivity contribution is -0.137. The number of anilines is 1. The van der Waals surface area contributed by atoms with Gasteiger partial charge < -0.3 is 15.2 Å². The van der Waals surface area contributed by atoms with Crippen LogP contribution in [-0.2, 0) is 11.0 Å². The van der Waals surface area contributed by atoms with Crippen molar-refractivity contribution in [1.29, 1.82) is 0 Å². The number of aliphatic hydroxyl groups is 1. The summed E-state index contributed by atoms with van der Waals surface area (Å²) in [6.45, 7) is 7.52. The van der Waals surface area contributed by atoms with Gasteiger partial charge in [-0.05, 0) is 60.5 Å². The maximum atomic E-state index is 13.0. The molecule has 0 radical (unpaired) electrons. The fraction of sp³-hybridized carbons (Fsp3) is 0.250. The standard InChI is InChI=1S/C19H14F3N3O3S.CH3I/c1-18(27,10-28-14-6-3-12(4-7-14)24-11-29)17(26)25-13-5-8-16(23-2)15(9-13)19(20,21)22;1-2/h3-9,27H,10H2,1H3,(H,25,26);1H3/t18-;/m0./s1/i;2-4. The van der Waals surface area contributed by atoms with Crippen LogP contribution in [0.1, 0.15) is 12.5 Å². The first-order valence-electron chi connectivity index (χ1n) is 8.38. The average Bonchev–Trinajstić information content (AvgIpc) is 2.74. The zero-order valence-electron chi connectivity index (χ0n) is 16.3. The lowest BCUT2D eigenvalue weighted by Crippen LogP contribution is -2.45. The third-order valence-corrected chi connectivity index (χ3v) is 3.79. The fourth-order valence-electron chi connectivity index (χ4n) is 2.16. The first-order chi connectivity index (χ1) is 14.6. The molecule has 1 atom stereocenters. The van der Waals surface area contributed by atoms with E-state index in [0.717, 1.165) is 19.1 Å². The highest BCUT2D eigenvalue weighted by Gasteiger charge is 2.35. The van der Waals surface area contributed by atoms with Gasteiger partial charge in [0.25, 0.3) is 5.91 Å². The molecule has 1 amide bonds. The van der Waals surface area contributed by atoms with E-state index in [9.17, 15) is 23.1 Å². The van der Waals surface area contributed by atoms with Gasteiger partial charge in [-0.15, -0.1) is 0 Å². The molecular weight excluding hydrogens is 542 g/mol. The highest BCUT2D eigenvalue weighted by Crippen LogP contribution is 2.38. The summed E-state index contributed by atoms with van der Waals surface area (Å²) in [6, 6.07) is 8.98. The van der Waals surface area contributed by atoms with E-state index in [1.807, 2.05) is 4.93 Å². The van der Waals surface area contributed by atoms with Crippen LogP contribution in [0.25, 0.3) is 4.85 Å². The number of ether oxygens (including phenoxy) is 1. The molecule has 164 valence electrons. The molecule has 2 aromatic carbocycles. The molecule has 0 aliphatic rings. The molecule has 0 unspecified atom stereocenters. The summed E-state index contributed by atoms with van der Waals surface area (Å²) in [6.07, 6.45) is -4.76.